The van der Waals surface area contributed by atoms with Crippen LogP contribution in [0.25, 0.3) is 17.0 Å². The lowest BCUT2D eigenvalue weighted by Crippen LogP contribution is -2.53. The van der Waals surface area contributed by atoms with Crippen LogP contribution in [0.15, 0.2) is 43.0 Å². The Morgan fingerprint density at radius 3 is 3.07 bits per heavy atom. The number of anilines is 1. The van der Waals surface area contributed by atoms with Crippen molar-refractivity contribution in [3.63, 3.8) is 0 Å². The number of hydrogen-bond donors (Lipinski definition) is 2. The second-order valence-corrected chi connectivity index (χ2v) is 6.62. The number of carboxylic acid groups (broad SMARTS) is 1. The maximum atomic E-state index is 11.4. The zero-order valence-corrected chi connectivity index (χ0v) is 15.5. The van der Waals surface area contributed by atoms with Crippen LogP contribution < -0.4 is 5.32 Å². The average Bonchev–Trinajstić information content (AvgIpc) is 3.14. The highest BCUT2D eigenvalue weighted by atomic mass is 16.5. The lowest BCUT2D eigenvalue weighted by molar-refractivity contribution is 0.00791. The average molecular weight is 382 g/mol. The zero-order valence-electron chi connectivity index (χ0n) is 15.5. The third kappa shape index (κ3) is 3.61. The highest BCUT2D eigenvalue weighted by Crippen LogP contribution is 2.22. The van der Waals surface area contributed by atoms with Crippen molar-refractivity contribution >= 4 is 17.6 Å². The Hall–Kier alpha value is -3.20. The molecule has 1 amide bonds. The molecule has 0 bridgehead atoms. The highest BCUT2D eigenvalue weighted by Gasteiger charge is 2.32. The van der Waals surface area contributed by atoms with E-state index in [4.69, 9.17) is 4.74 Å². The fourth-order valence-electron chi connectivity index (χ4n) is 3.53. The number of carbonyl (C=O) groups is 1. The lowest BCUT2D eigenvalue weighted by atomic mass is 10.0. The second-order valence-electron chi connectivity index (χ2n) is 6.62. The molecule has 0 aliphatic carbocycles. The monoisotopic (exact) mass is 382 g/mol. The Morgan fingerprint density at radius 2 is 2.25 bits per heavy atom. The first kappa shape index (κ1) is 18.2. The van der Waals surface area contributed by atoms with Gasteiger partial charge in [-0.2, -0.15) is 0 Å². The van der Waals surface area contributed by atoms with Crippen LogP contribution in [-0.4, -0.2) is 67.3 Å². The summed E-state index contributed by atoms with van der Waals surface area (Å²) in [5.41, 5.74) is 2.35. The number of rotatable bonds is 5. The molecule has 2 N–H and O–H groups in total. The minimum atomic E-state index is -0.924. The Labute approximate surface area is 162 Å². The van der Waals surface area contributed by atoms with Crippen molar-refractivity contribution in [3.05, 3.63) is 43.0 Å². The second kappa shape index (κ2) is 7.81. The molecule has 0 saturated carbocycles. The topological polar surface area (TPSA) is 105 Å². The van der Waals surface area contributed by atoms with Crippen molar-refractivity contribution in [2.75, 3.05) is 25.0 Å². The third-order valence-electron chi connectivity index (χ3n) is 4.85. The molecule has 4 heterocycles. The van der Waals surface area contributed by atoms with E-state index in [1.54, 1.807) is 18.6 Å². The molecule has 0 spiro atoms. The van der Waals surface area contributed by atoms with E-state index in [1.807, 2.05) is 35.7 Å². The predicted octanol–water partition coefficient (Wildman–Crippen LogP) is 2.36. The van der Waals surface area contributed by atoms with Crippen LogP contribution in [0.2, 0.25) is 0 Å². The van der Waals surface area contributed by atoms with E-state index < -0.39 is 6.09 Å². The molecule has 1 aliphatic rings. The SMILES string of the molecule is CCO[C@@H]1CCN(C(=O)O)C[C@H]1Nc1cncc(-c2cnc3ccccn23)n1. The van der Waals surface area contributed by atoms with E-state index in [-0.39, 0.29) is 12.1 Å². The van der Waals surface area contributed by atoms with Gasteiger partial charge in [-0.1, -0.05) is 6.07 Å². The summed E-state index contributed by atoms with van der Waals surface area (Å²) in [6, 6.07) is 5.59. The fourth-order valence-corrected chi connectivity index (χ4v) is 3.53. The van der Waals surface area contributed by atoms with Crippen LogP contribution in [0.3, 0.4) is 0 Å². The summed E-state index contributed by atoms with van der Waals surface area (Å²) in [6.07, 6.45) is 6.64. The van der Waals surface area contributed by atoms with Gasteiger partial charge in [-0.3, -0.25) is 9.38 Å². The Bertz CT molecular complexity index is 975. The van der Waals surface area contributed by atoms with Gasteiger partial charge in [0, 0.05) is 25.9 Å². The molecule has 1 fully saturated rings. The zero-order chi connectivity index (χ0) is 19.5. The molecule has 146 valence electrons. The van der Waals surface area contributed by atoms with Crippen molar-refractivity contribution < 1.29 is 14.6 Å². The van der Waals surface area contributed by atoms with Gasteiger partial charge in [0.15, 0.2) is 0 Å². The largest absolute Gasteiger partial charge is 0.465 e. The highest BCUT2D eigenvalue weighted by molar-refractivity contribution is 5.65. The Balaban J connectivity index is 1.59. The van der Waals surface area contributed by atoms with Crippen LogP contribution in [0.4, 0.5) is 10.6 Å². The first-order chi connectivity index (χ1) is 13.7. The van der Waals surface area contributed by atoms with Crippen LogP contribution in [0.5, 0.6) is 0 Å². The molecule has 3 aromatic rings. The standard InChI is InChI=1S/C19H22N6O3/c1-2-28-16-6-8-24(19(26)27)12-14(16)23-17-11-20-9-13(22-17)15-10-21-18-5-3-4-7-25(15)18/h3-5,7,9-11,14,16H,2,6,8,12H2,1H3,(H,22,23)(H,26,27)/t14-,16-/m1/s1. The molecule has 0 radical (unpaired) electrons. The minimum Gasteiger partial charge on any atom is -0.465 e. The number of likely N-dealkylation sites (tertiary alicyclic amines) is 1. The van der Waals surface area contributed by atoms with Crippen LogP contribution in [-0.2, 0) is 4.74 Å². The number of ether oxygens (including phenoxy) is 1. The van der Waals surface area contributed by atoms with Crippen LogP contribution in [0.1, 0.15) is 13.3 Å². The number of nitrogens with one attached hydrogen (secondary N) is 1. The lowest BCUT2D eigenvalue weighted by Gasteiger charge is -2.37. The maximum Gasteiger partial charge on any atom is 0.407 e. The van der Waals surface area contributed by atoms with E-state index in [1.165, 1.54) is 4.90 Å². The van der Waals surface area contributed by atoms with Crippen molar-refractivity contribution in [2.45, 2.75) is 25.5 Å². The number of pyridine rings is 1. The number of fused-ring (bicyclic) bond motifs is 1. The van der Waals surface area contributed by atoms with Gasteiger partial charge in [0.05, 0.1) is 36.4 Å². The van der Waals surface area contributed by atoms with Crippen molar-refractivity contribution in [1.82, 2.24) is 24.3 Å². The minimum absolute atomic E-state index is 0.0816. The summed E-state index contributed by atoms with van der Waals surface area (Å²) in [5.74, 6) is 0.574. The molecule has 1 saturated heterocycles. The predicted molar refractivity (Wildman–Crippen MR) is 103 cm³/mol. The quantitative estimate of drug-likeness (QED) is 0.698. The number of nitrogens with zero attached hydrogens (tertiary/aromatic N) is 5. The van der Waals surface area contributed by atoms with Gasteiger partial charge in [0.25, 0.3) is 0 Å². The normalized spacial score (nSPS) is 19.7. The molecular weight excluding hydrogens is 360 g/mol. The molecule has 1 aliphatic heterocycles. The molecule has 9 nitrogen and oxygen atoms in total. The number of hydrogen-bond acceptors (Lipinski definition) is 6. The molecule has 0 unspecified atom stereocenters. The summed E-state index contributed by atoms with van der Waals surface area (Å²) in [4.78, 5) is 26.1. The number of aromatic nitrogens is 4. The smallest absolute Gasteiger partial charge is 0.407 e. The first-order valence-electron chi connectivity index (χ1n) is 9.26. The van der Waals surface area contributed by atoms with E-state index in [9.17, 15) is 9.90 Å². The summed E-state index contributed by atoms with van der Waals surface area (Å²) in [5, 5.41) is 12.6. The summed E-state index contributed by atoms with van der Waals surface area (Å²) >= 11 is 0. The van der Waals surface area contributed by atoms with Crippen molar-refractivity contribution in [2.24, 2.45) is 0 Å². The molecule has 9 heteroatoms. The van der Waals surface area contributed by atoms with Crippen molar-refractivity contribution in [1.29, 1.82) is 0 Å². The Kier molecular flexibility index (Phi) is 5.07. The number of amides is 1. The molecule has 28 heavy (non-hydrogen) atoms. The fraction of sp³-hybridized carbons (Fsp3) is 0.368. The van der Waals surface area contributed by atoms with E-state index >= 15 is 0 Å². The van der Waals surface area contributed by atoms with E-state index in [2.05, 4.69) is 20.3 Å². The van der Waals surface area contributed by atoms with Gasteiger partial charge in [0.1, 0.15) is 17.2 Å². The van der Waals surface area contributed by atoms with Crippen molar-refractivity contribution in [3.8, 4) is 11.4 Å². The van der Waals surface area contributed by atoms with Gasteiger partial charge < -0.3 is 20.1 Å². The van der Waals surface area contributed by atoms with E-state index in [0.717, 1.165) is 11.3 Å². The van der Waals surface area contributed by atoms with Gasteiger partial charge in [-0.15, -0.1) is 0 Å². The van der Waals surface area contributed by atoms with Gasteiger partial charge in [-0.05, 0) is 25.5 Å². The van der Waals surface area contributed by atoms with Gasteiger partial charge in [-0.25, -0.2) is 14.8 Å². The molecule has 3 aromatic heterocycles. The summed E-state index contributed by atoms with van der Waals surface area (Å²) in [6.45, 7) is 3.31. The number of piperidine rings is 1. The van der Waals surface area contributed by atoms with Gasteiger partial charge >= 0.3 is 6.09 Å². The summed E-state index contributed by atoms with van der Waals surface area (Å²) in [7, 11) is 0. The van der Waals surface area contributed by atoms with E-state index in [0.29, 0.717) is 37.6 Å². The molecule has 2 atom stereocenters. The van der Waals surface area contributed by atoms with Crippen LogP contribution >= 0.6 is 0 Å². The molecule has 0 aromatic carbocycles. The number of imidazole rings is 1. The maximum absolute atomic E-state index is 11.4. The third-order valence-corrected chi connectivity index (χ3v) is 4.85. The van der Waals surface area contributed by atoms with Crippen LogP contribution in [0, 0.1) is 0 Å². The Morgan fingerprint density at radius 1 is 1.36 bits per heavy atom. The summed E-state index contributed by atoms with van der Waals surface area (Å²) < 4.78 is 7.76. The molecule has 4 rings (SSSR count). The van der Waals surface area contributed by atoms with Gasteiger partial charge in [0.2, 0.25) is 0 Å². The molecular formula is C19H22N6O3. The first-order valence-corrected chi connectivity index (χ1v) is 9.26.